The highest BCUT2D eigenvalue weighted by Gasteiger charge is 2.23. The van der Waals surface area contributed by atoms with Crippen molar-refractivity contribution in [3.8, 4) is 0 Å². The van der Waals surface area contributed by atoms with Gasteiger partial charge in [0.2, 0.25) is 5.91 Å². The molecule has 0 spiro atoms. The van der Waals surface area contributed by atoms with Gasteiger partial charge < -0.3 is 21.5 Å². The van der Waals surface area contributed by atoms with Gasteiger partial charge in [-0.15, -0.1) is 0 Å². The van der Waals surface area contributed by atoms with Crippen LogP contribution in [0.4, 0.5) is 0 Å². The highest BCUT2D eigenvalue weighted by molar-refractivity contribution is 5.77. The van der Waals surface area contributed by atoms with Crippen LogP contribution in [0.15, 0.2) is 29.3 Å². The lowest BCUT2D eigenvalue weighted by atomic mass is 9.97. The van der Waals surface area contributed by atoms with Crippen LogP contribution in [0.25, 0.3) is 0 Å². The first-order chi connectivity index (χ1) is 14.6. The molecule has 3 rings (SSSR count). The van der Waals surface area contributed by atoms with E-state index in [0.29, 0.717) is 12.5 Å². The number of ether oxygens (including phenoxy) is 1. The van der Waals surface area contributed by atoms with Crippen molar-refractivity contribution >= 4 is 11.9 Å². The summed E-state index contributed by atoms with van der Waals surface area (Å²) in [6, 6.07) is 8.42. The lowest BCUT2D eigenvalue weighted by Gasteiger charge is -2.31. The molecule has 0 bridgehead atoms. The van der Waals surface area contributed by atoms with Crippen molar-refractivity contribution in [1.29, 1.82) is 0 Å². The van der Waals surface area contributed by atoms with Crippen LogP contribution in [-0.2, 0) is 22.6 Å². The SMILES string of the molecule is NC(=O)C1CCCN(Cc2cccc(CN=C(N)NCCCN3CCOCC3)c2)C1. The molecular weight excluding hydrogens is 380 g/mol. The zero-order chi connectivity index (χ0) is 21.2. The number of hydrogen-bond donors (Lipinski definition) is 3. The fourth-order valence-corrected chi connectivity index (χ4v) is 4.09. The van der Waals surface area contributed by atoms with E-state index in [1.165, 1.54) is 5.56 Å². The standard InChI is InChI=1S/C22H36N6O2/c23-21(29)20-6-2-8-28(17-20)16-19-5-1-4-18(14-19)15-26-22(24)25-7-3-9-27-10-12-30-13-11-27/h1,4-5,14,20H,2-3,6-13,15-17H2,(H2,23,29)(H3,24,25,26). The van der Waals surface area contributed by atoms with Crippen LogP contribution in [-0.4, -0.2) is 74.1 Å². The number of carbonyl (C=O) groups is 1. The van der Waals surface area contributed by atoms with Crippen molar-refractivity contribution in [3.05, 3.63) is 35.4 Å². The van der Waals surface area contributed by atoms with Gasteiger partial charge in [-0.05, 0) is 43.5 Å². The molecule has 30 heavy (non-hydrogen) atoms. The van der Waals surface area contributed by atoms with Gasteiger partial charge in [0.25, 0.3) is 0 Å². The number of nitrogens with zero attached hydrogens (tertiary/aromatic N) is 3. The van der Waals surface area contributed by atoms with Gasteiger partial charge in [-0.1, -0.05) is 24.3 Å². The smallest absolute Gasteiger partial charge is 0.221 e. The molecular formula is C22H36N6O2. The Morgan fingerprint density at radius 2 is 1.97 bits per heavy atom. The third-order valence-corrected chi connectivity index (χ3v) is 5.80. The number of carbonyl (C=O) groups excluding carboxylic acids is 1. The van der Waals surface area contributed by atoms with Crippen LogP contribution in [0.2, 0.25) is 0 Å². The van der Waals surface area contributed by atoms with E-state index in [0.717, 1.165) is 83.9 Å². The zero-order valence-corrected chi connectivity index (χ0v) is 17.9. The van der Waals surface area contributed by atoms with E-state index in [2.05, 4.69) is 44.4 Å². The van der Waals surface area contributed by atoms with Crippen molar-refractivity contribution < 1.29 is 9.53 Å². The van der Waals surface area contributed by atoms with Crippen LogP contribution in [0.1, 0.15) is 30.4 Å². The molecule has 5 N–H and O–H groups in total. The molecule has 2 aliphatic heterocycles. The molecule has 0 saturated carbocycles. The van der Waals surface area contributed by atoms with Crippen molar-refractivity contribution in [2.45, 2.75) is 32.4 Å². The number of likely N-dealkylation sites (tertiary alicyclic amines) is 1. The van der Waals surface area contributed by atoms with Crippen molar-refractivity contribution in [2.24, 2.45) is 22.4 Å². The third kappa shape index (κ3) is 7.59. The molecule has 1 unspecified atom stereocenters. The molecule has 2 aliphatic rings. The number of rotatable bonds is 9. The average Bonchev–Trinajstić information content (AvgIpc) is 2.76. The molecule has 0 radical (unpaired) electrons. The number of benzene rings is 1. The second kappa shape index (κ2) is 11.9. The molecule has 2 saturated heterocycles. The maximum Gasteiger partial charge on any atom is 0.221 e. The van der Waals surface area contributed by atoms with Crippen LogP contribution < -0.4 is 16.8 Å². The fraction of sp³-hybridized carbons (Fsp3) is 0.636. The molecule has 0 aliphatic carbocycles. The molecule has 1 amide bonds. The highest BCUT2D eigenvalue weighted by Crippen LogP contribution is 2.19. The van der Waals surface area contributed by atoms with E-state index in [9.17, 15) is 4.79 Å². The second-order valence-electron chi connectivity index (χ2n) is 8.23. The summed E-state index contributed by atoms with van der Waals surface area (Å²) in [5, 5.41) is 3.21. The van der Waals surface area contributed by atoms with Gasteiger partial charge in [0.05, 0.1) is 25.7 Å². The summed E-state index contributed by atoms with van der Waals surface area (Å²) in [5.74, 6) is 0.277. The number of piperidine rings is 1. The molecule has 0 aromatic heterocycles. The maximum absolute atomic E-state index is 11.5. The normalized spacial score (nSPS) is 21.5. The van der Waals surface area contributed by atoms with Crippen LogP contribution in [0.5, 0.6) is 0 Å². The lowest BCUT2D eigenvalue weighted by Crippen LogP contribution is -2.40. The quantitative estimate of drug-likeness (QED) is 0.307. The largest absolute Gasteiger partial charge is 0.379 e. The van der Waals surface area contributed by atoms with Gasteiger partial charge in [0, 0.05) is 32.7 Å². The Morgan fingerprint density at radius 1 is 1.17 bits per heavy atom. The Bertz CT molecular complexity index is 705. The van der Waals surface area contributed by atoms with Crippen LogP contribution in [0, 0.1) is 5.92 Å². The average molecular weight is 417 g/mol. The Kier molecular flexibility index (Phi) is 8.92. The van der Waals surface area contributed by atoms with Crippen molar-refractivity contribution in [3.63, 3.8) is 0 Å². The van der Waals surface area contributed by atoms with E-state index in [1.54, 1.807) is 0 Å². The van der Waals surface area contributed by atoms with E-state index in [1.807, 2.05) is 0 Å². The Hall–Kier alpha value is -2.16. The van der Waals surface area contributed by atoms with Crippen molar-refractivity contribution in [2.75, 3.05) is 52.5 Å². The molecule has 166 valence electrons. The maximum atomic E-state index is 11.5. The Morgan fingerprint density at radius 3 is 2.77 bits per heavy atom. The predicted octanol–water partition coefficient (Wildman–Crippen LogP) is 0.511. The first-order valence-electron chi connectivity index (χ1n) is 11.0. The third-order valence-electron chi connectivity index (χ3n) is 5.80. The minimum Gasteiger partial charge on any atom is -0.379 e. The minimum atomic E-state index is -0.185. The molecule has 1 atom stereocenters. The first kappa shape index (κ1) is 22.5. The molecule has 8 heteroatoms. The number of nitrogens with two attached hydrogens (primary N) is 2. The number of nitrogens with one attached hydrogen (secondary N) is 1. The summed E-state index contributed by atoms with van der Waals surface area (Å²) in [6.45, 7) is 8.71. The van der Waals surface area contributed by atoms with Gasteiger partial charge in [0.1, 0.15) is 0 Å². The van der Waals surface area contributed by atoms with Gasteiger partial charge in [0.15, 0.2) is 5.96 Å². The van der Waals surface area contributed by atoms with Crippen LogP contribution >= 0.6 is 0 Å². The summed E-state index contributed by atoms with van der Waals surface area (Å²) >= 11 is 0. The summed E-state index contributed by atoms with van der Waals surface area (Å²) < 4.78 is 5.37. The molecule has 2 fully saturated rings. The minimum absolute atomic E-state index is 0.0272. The summed E-state index contributed by atoms with van der Waals surface area (Å²) in [6.07, 6.45) is 2.96. The molecule has 8 nitrogen and oxygen atoms in total. The van der Waals surface area contributed by atoms with Gasteiger partial charge >= 0.3 is 0 Å². The number of morpholine rings is 1. The lowest BCUT2D eigenvalue weighted by molar-refractivity contribution is -0.123. The van der Waals surface area contributed by atoms with Crippen LogP contribution in [0.3, 0.4) is 0 Å². The summed E-state index contributed by atoms with van der Waals surface area (Å²) in [4.78, 5) is 20.7. The number of primary amides is 1. The van der Waals surface area contributed by atoms with Gasteiger partial charge in [-0.3, -0.25) is 14.6 Å². The van der Waals surface area contributed by atoms with Crippen molar-refractivity contribution in [1.82, 2.24) is 15.1 Å². The second-order valence-corrected chi connectivity index (χ2v) is 8.23. The molecule has 2 heterocycles. The van der Waals surface area contributed by atoms with Gasteiger partial charge in [-0.25, -0.2) is 4.99 Å². The van der Waals surface area contributed by atoms with E-state index in [4.69, 9.17) is 16.2 Å². The molecule has 1 aromatic rings. The highest BCUT2D eigenvalue weighted by atomic mass is 16.5. The topological polar surface area (TPSA) is 109 Å². The first-order valence-corrected chi connectivity index (χ1v) is 11.0. The number of guanidine groups is 1. The Balaban J connectivity index is 1.40. The van der Waals surface area contributed by atoms with Gasteiger partial charge in [-0.2, -0.15) is 0 Å². The Labute approximate surface area is 179 Å². The summed E-state index contributed by atoms with van der Waals surface area (Å²) in [5.41, 5.74) is 13.9. The number of hydrogen-bond acceptors (Lipinski definition) is 5. The number of aliphatic imine (C=N–C) groups is 1. The van der Waals surface area contributed by atoms with E-state index < -0.39 is 0 Å². The predicted molar refractivity (Wildman–Crippen MR) is 119 cm³/mol. The van der Waals surface area contributed by atoms with E-state index in [-0.39, 0.29) is 11.8 Å². The molecule has 1 aromatic carbocycles. The zero-order valence-electron chi connectivity index (χ0n) is 17.9. The van der Waals surface area contributed by atoms with E-state index >= 15 is 0 Å². The summed E-state index contributed by atoms with van der Waals surface area (Å²) in [7, 11) is 0. The fourth-order valence-electron chi connectivity index (χ4n) is 4.09. The number of amides is 1. The monoisotopic (exact) mass is 416 g/mol.